The second kappa shape index (κ2) is 6.04. The number of nitrogens with zero attached hydrogens (tertiary/aromatic N) is 2. The maximum atomic E-state index is 6.24. The third-order valence-corrected chi connectivity index (χ3v) is 2.96. The fraction of sp³-hybridized carbons (Fsp3) is 0.143. The summed E-state index contributed by atoms with van der Waals surface area (Å²) in [5.74, 6) is 1.39. The average molecular weight is 295 g/mol. The molecule has 0 aliphatic carbocycles. The molecule has 1 heterocycles. The minimum absolute atomic E-state index is 0.379. The first-order valence-electron chi connectivity index (χ1n) is 5.61. The third kappa shape index (κ3) is 3.69. The molecular formula is C14H12Cl2N2O. The maximum absolute atomic E-state index is 6.24. The first kappa shape index (κ1) is 13.8. The number of benzene rings is 1. The highest BCUT2D eigenvalue weighted by Gasteiger charge is 2.04. The molecule has 0 saturated heterocycles. The second-order valence-corrected chi connectivity index (χ2v) is 4.68. The van der Waals surface area contributed by atoms with Crippen molar-refractivity contribution in [2.24, 2.45) is 0 Å². The quantitative estimate of drug-likeness (QED) is 0.797. The predicted molar refractivity (Wildman–Crippen MR) is 78.5 cm³/mol. The van der Waals surface area contributed by atoms with Gasteiger partial charge in [-0.1, -0.05) is 35.3 Å². The number of methoxy groups -OCH3 is 1. The lowest BCUT2D eigenvalue weighted by molar-refractivity contribution is 0.415. The molecule has 0 bridgehead atoms. The number of ether oxygens (including phenoxy) is 1. The smallest absolute Gasteiger partial charge is 0.133 e. The highest BCUT2D eigenvalue weighted by atomic mass is 35.5. The van der Waals surface area contributed by atoms with Crippen molar-refractivity contribution in [3.8, 4) is 5.75 Å². The summed E-state index contributed by atoms with van der Waals surface area (Å²) < 4.78 is 5.10. The van der Waals surface area contributed by atoms with Crippen LogP contribution in [0.25, 0.3) is 11.1 Å². The predicted octanol–water partition coefficient (Wildman–Crippen LogP) is 4.18. The fourth-order valence-corrected chi connectivity index (χ4v) is 2.02. The lowest BCUT2D eigenvalue weighted by atomic mass is 10.2. The Morgan fingerprint density at radius 3 is 2.47 bits per heavy atom. The standard InChI is InChI=1S/C14H12Cl2N2O/c1-9-17-13(8-14(16)18-9)12(15)7-10-3-5-11(19-2)6-4-10/h3-8H,1-2H3/b12-7-. The summed E-state index contributed by atoms with van der Waals surface area (Å²) >= 11 is 12.1. The van der Waals surface area contributed by atoms with E-state index in [0.717, 1.165) is 11.3 Å². The van der Waals surface area contributed by atoms with Crippen LogP contribution in [0.4, 0.5) is 0 Å². The molecule has 0 saturated carbocycles. The molecule has 0 atom stereocenters. The Morgan fingerprint density at radius 2 is 1.89 bits per heavy atom. The Morgan fingerprint density at radius 1 is 1.21 bits per heavy atom. The van der Waals surface area contributed by atoms with Gasteiger partial charge in [-0.3, -0.25) is 0 Å². The van der Waals surface area contributed by atoms with Gasteiger partial charge in [-0.15, -0.1) is 0 Å². The number of halogens is 2. The van der Waals surface area contributed by atoms with Crippen LogP contribution in [0.5, 0.6) is 5.75 Å². The Bertz CT molecular complexity index is 589. The first-order chi connectivity index (χ1) is 9.08. The Hall–Kier alpha value is -1.58. The highest BCUT2D eigenvalue weighted by Crippen LogP contribution is 2.23. The molecule has 5 heteroatoms. The normalized spacial score (nSPS) is 11.5. The topological polar surface area (TPSA) is 35.0 Å². The van der Waals surface area contributed by atoms with Gasteiger partial charge in [0.25, 0.3) is 0 Å². The van der Waals surface area contributed by atoms with Crippen LogP contribution < -0.4 is 4.74 Å². The zero-order valence-electron chi connectivity index (χ0n) is 10.5. The molecule has 0 aliphatic rings. The van der Waals surface area contributed by atoms with Gasteiger partial charge in [-0.05, 0) is 30.7 Å². The molecule has 0 radical (unpaired) electrons. The van der Waals surface area contributed by atoms with Gasteiger partial charge < -0.3 is 4.74 Å². The Kier molecular flexibility index (Phi) is 4.40. The molecule has 0 unspecified atom stereocenters. The van der Waals surface area contributed by atoms with Gasteiger partial charge in [-0.2, -0.15) is 0 Å². The van der Waals surface area contributed by atoms with Crippen LogP contribution in [0.1, 0.15) is 17.1 Å². The largest absolute Gasteiger partial charge is 0.497 e. The summed E-state index contributed by atoms with van der Waals surface area (Å²) in [4.78, 5) is 8.24. The van der Waals surface area contributed by atoms with Crippen LogP contribution in [0, 0.1) is 6.92 Å². The zero-order chi connectivity index (χ0) is 13.8. The molecule has 1 aromatic heterocycles. The fourth-order valence-electron chi connectivity index (χ4n) is 1.57. The molecule has 2 aromatic rings. The van der Waals surface area contributed by atoms with E-state index in [1.807, 2.05) is 30.3 Å². The minimum atomic E-state index is 0.379. The minimum Gasteiger partial charge on any atom is -0.497 e. The zero-order valence-corrected chi connectivity index (χ0v) is 12.0. The number of aryl methyl sites for hydroxylation is 1. The summed E-state index contributed by atoms with van der Waals surface area (Å²) in [5.41, 5.74) is 1.56. The first-order valence-corrected chi connectivity index (χ1v) is 6.37. The molecule has 0 aliphatic heterocycles. The van der Waals surface area contributed by atoms with Crippen LogP contribution in [0.2, 0.25) is 5.15 Å². The van der Waals surface area contributed by atoms with Gasteiger partial charge in [0.05, 0.1) is 17.8 Å². The van der Waals surface area contributed by atoms with E-state index in [1.165, 1.54) is 0 Å². The van der Waals surface area contributed by atoms with Crippen molar-refractivity contribution in [1.82, 2.24) is 9.97 Å². The van der Waals surface area contributed by atoms with E-state index in [1.54, 1.807) is 20.1 Å². The van der Waals surface area contributed by atoms with Crippen molar-refractivity contribution >= 4 is 34.3 Å². The number of rotatable bonds is 3. The average Bonchev–Trinajstić information content (AvgIpc) is 2.38. The van der Waals surface area contributed by atoms with Gasteiger partial charge in [0, 0.05) is 6.07 Å². The van der Waals surface area contributed by atoms with Crippen molar-refractivity contribution in [3.63, 3.8) is 0 Å². The van der Waals surface area contributed by atoms with E-state index >= 15 is 0 Å². The summed E-state index contributed by atoms with van der Waals surface area (Å²) in [7, 11) is 1.63. The molecule has 0 spiro atoms. The lowest BCUT2D eigenvalue weighted by Gasteiger charge is -2.02. The van der Waals surface area contributed by atoms with Crippen LogP contribution in [0.3, 0.4) is 0 Å². The summed E-state index contributed by atoms with van der Waals surface area (Å²) in [6, 6.07) is 9.20. The van der Waals surface area contributed by atoms with Gasteiger partial charge in [0.1, 0.15) is 16.7 Å². The number of hydrogen-bond donors (Lipinski definition) is 0. The number of aromatic nitrogens is 2. The molecule has 98 valence electrons. The van der Waals surface area contributed by atoms with Gasteiger partial charge in [0.2, 0.25) is 0 Å². The molecule has 3 nitrogen and oxygen atoms in total. The molecule has 1 aromatic carbocycles. The molecule has 0 amide bonds. The molecule has 0 N–H and O–H groups in total. The van der Waals surface area contributed by atoms with E-state index in [4.69, 9.17) is 27.9 Å². The molecule has 2 rings (SSSR count). The van der Waals surface area contributed by atoms with Crippen molar-refractivity contribution in [3.05, 3.63) is 52.6 Å². The van der Waals surface area contributed by atoms with Crippen LogP contribution in [-0.4, -0.2) is 17.1 Å². The Balaban J connectivity index is 2.30. The van der Waals surface area contributed by atoms with Crippen molar-refractivity contribution < 1.29 is 4.74 Å². The molecule has 0 fully saturated rings. The molecule has 19 heavy (non-hydrogen) atoms. The summed E-state index contributed by atoms with van der Waals surface area (Å²) in [5, 5.41) is 0.890. The van der Waals surface area contributed by atoms with Crippen LogP contribution in [-0.2, 0) is 0 Å². The van der Waals surface area contributed by atoms with E-state index in [2.05, 4.69) is 9.97 Å². The summed E-state index contributed by atoms with van der Waals surface area (Å²) in [6.45, 7) is 1.77. The van der Waals surface area contributed by atoms with Crippen LogP contribution >= 0.6 is 23.2 Å². The third-order valence-electron chi connectivity index (χ3n) is 2.46. The van der Waals surface area contributed by atoms with E-state index < -0.39 is 0 Å². The SMILES string of the molecule is COc1ccc(/C=C(\Cl)c2cc(Cl)nc(C)n2)cc1. The maximum Gasteiger partial charge on any atom is 0.133 e. The van der Waals surface area contributed by atoms with Crippen molar-refractivity contribution in [2.75, 3.05) is 7.11 Å². The van der Waals surface area contributed by atoms with Crippen molar-refractivity contribution in [2.45, 2.75) is 6.92 Å². The lowest BCUT2D eigenvalue weighted by Crippen LogP contribution is -1.92. The van der Waals surface area contributed by atoms with Gasteiger partial charge in [0.15, 0.2) is 0 Å². The number of hydrogen-bond acceptors (Lipinski definition) is 3. The van der Waals surface area contributed by atoms with Gasteiger partial charge >= 0.3 is 0 Å². The Labute approximate surface area is 121 Å². The van der Waals surface area contributed by atoms with E-state index in [9.17, 15) is 0 Å². The van der Waals surface area contributed by atoms with E-state index in [-0.39, 0.29) is 0 Å². The van der Waals surface area contributed by atoms with Crippen LogP contribution in [0.15, 0.2) is 30.3 Å². The summed E-state index contributed by atoms with van der Waals surface area (Å²) in [6.07, 6.45) is 1.82. The van der Waals surface area contributed by atoms with E-state index in [0.29, 0.717) is 21.7 Å². The molecular weight excluding hydrogens is 283 g/mol. The highest BCUT2D eigenvalue weighted by molar-refractivity contribution is 6.51. The second-order valence-electron chi connectivity index (χ2n) is 3.89. The van der Waals surface area contributed by atoms with Crippen molar-refractivity contribution in [1.29, 1.82) is 0 Å². The monoisotopic (exact) mass is 294 g/mol. The van der Waals surface area contributed by atoms with Gasteiger partial charge in [-0.25, -0.2) is 9.97 Å².